The van der Waals surface area contributed by atoms with Crippen LogP contribution in [0.1, 0.15) is 53.4 Å². The molecule has 1 spiro atoms. The van der Waals surface area contributed by atoms with E-state index in [1.165, 1.54) is 32.2 Å². The number of hydrogen-bond acceptors (Lipinski definition) is 1. The van der Waals surface area contributed by atoms with Crippen molar-refractivity contribution in [1.82, 2.24) is 5.32 Å². The van der Waals surface area contributed by atoms with Gasteiger partial charge in [-0.2, -0.15) is 0 Å². The van der Waals surface area contributed by atoms with E-state index < -0.39 is 0 Å². The molecule has 0 aromatic carbocycles. The molecule has 0 bridgehead atoms. The maximum atomic E-state index is 3.61. The molecule has 0 aliphatic heterocycles. The van der Waals surface area contributed by atoms with Gasteiger partial charge in [0.05, 0.1) is 0 Å². The highest BCUT2D eigenvalue weighted by Crippen LogP contribution is 2.64. The molecular formula is C14H27N. The van der Waals surface area contributed by atoms with Crippen molar-refractivity contribution < 1.29 is 0 Å². The van der Waals surface area contributed by atoms with Gasteiger partial charge in [0.25, 0.3) is 0 Å². The summed E-state index contributed by atoms with van der Waals surface area (Å²) in [5, 5.41) is 3.61. The van der Waals surface area contributed by atoms with Crippen molar-refractivity contribution in [3.8, 4) is 0 Å². The van der Waals surface area contributed by atoms with E-state index in [0.29, 0.717) is 6.04 Å². The summed E-state index contributed by atoms with van der Waals surface area (Å²) in [4.78, 5) is 0. The standard InChI is InChI=1S/C14H27N/c1-10(2)15-9-13-8-14(13)7-5-6-11(3)12(14)4/h10-13,15H,5-9H2,1-4H3. The van der Waals surface area contributed by atoms with Gasteiger partial charge < -0.3 is 5.32 Å². The summed E-state index contributed by atoms with van der Waals surface area (Å²) in [6.45, 7) is 10.7. The van der Waals surface area contributed by atoms with Crippen molar-refractivity contribution in [1.29, 1.82) is 0 Å². The fourth-order valence-corrected chi connectivity index (χ4v) is 3.71. The zero-order chi connectivity index (χ0) is 11.1. The zero-order valence-corrected chi connectivity index (χ0v) is 10.8. The van der Waals surface area contributed by atoms with Crippen LogP contribution >= 0.6 is 0 Å². The van der Waals surface area contributed by atoms with Crippen LogP contribution in [0.2, 0.25) is 0 Å². The molecule has 1 N–H and O–H groups in total. The molecule has 15 heavy (non-hydrogen) atoms. The van der Waals surface area contributed by atoms with Crippen LogP contribution in [0, 0.1) is 23.2 Å². The molecule has 4 unspecified atom stereocenters. The molecule has 0 aromatic heterocycles. The highest BCUT2D eigenvalue weighted by atomic mass is 14.9. The van der Waals surface area contributed by atoms with E-state index in [9.17, 15) is 0 Å². The molecular weight excluding hydrogens is 182 g/mol. The van der Waals surface area contributed by atoms with E-state index in [2.05, 4.69) is 33.0 Å². The number of hydrogen-bond donors (Lipinski definition) is 1. The van der Waals surface area contributed by atoms with Crippen LogP contribution in [0.5, 0.6) is 0 Å². The summed E-state index contributed by atoms with van der Waals surface area (Å²) in [6.07, 6.45) is 5.94. The van der Waals surface area contributed by atoms with E-state index in [1.807, 2.05) is 0 Å². The molecule has 2 saturated carbocycles. The lowest BCUT2D eigenvalue weighted by Gasteiger charge is -2.36. The average molecular weight is 209 g/mol. The lowest BCUT2D eigenvalue weighted by atomic mass is 9.70. The van der Waals surface area contributed by atoms with Gasteiger partial charge in [-0.05, 0) is 42.6 Å². The van der Waals surface area contributed by atoms with Gasteiger partial charge >= 0.3 is 0 Å². The van der Waals surface area contributed by atoms with E-state index in [0.717, 1.165) is 23.2 Å². The SMILES string of the molecule is CC(C)NCC1CC12CCCC(C)C2C. The Morgan fingerprint density at radius 3 is 2.73 bits per heavy atom. The highest BCUT2D eigenvalue weighted by molar-refractivity contribution is 5.08. The summed E-state index contributed by atoms with van der Waals surface area (Å²) in [6, 6.07) is 0.652. The van der Waals surface area contributed by atoms with Gasteiger partial charge in [-0.1, -0.05) is 40.5 Å². The average Bonchev–Trinajstić information content (AvgIpc) is 2.86. The maximum absolute atomic E-state index is 3.61. The molecule has 0 aromatic rings. The Labute approximate surface area is 95.0 Å². The molecule has 0 amide bonds. The van der Waals surface area contributed by atoms with Gasteiger partial charge in [0, 0.05) is 6.04 Å². The maximum Gasteiger partial charge on any atom is 0.00104 e. The normalized spacial score (nSPS) is 45.0. The minimum Gasteiger partial charge on any atom is -0.314 e. The first-order chi connectivity index (χ1) is 7.06. The molecule has 2 aliphatic carbocycles. The van der Waals surface area contributed by atoms with Crippen molar-refractivity contribution in [2.75, 3.05) is 6.54 Å². The molecule has 2 fully saturated rings. The third-order valence-corrected chi connectivity index (χ3v) is 5.11. The summed E-state index contributed by atoms with van der Waals surface area (Å²) in [7, 11) is 0. The lowest BCUT2D eigenvalue weighted by molar-refractivity contribution is 0.144. The van der Waals surface area contributed by atoms with Gasteiger partial charge in [0.15, 0.2) is 0 Å². The quantitative estimate of drug-likeness (QED) is 0.750. The van der Waals surface area contributed by atoms with Crippen LogP contribution < -0.4 is 5.32 Å². The molecule has 1 nitrogen and oxygen atoms in total. The monoisotopic (exact) mass is 209 g/mol. The van der Waals surface area contributed by atoms with Gasteiger partial charge in [-0.3, -0.25) is 0 Å². The molecule has 4 atom stereocenters. The zero-order valence-electron chi connectivity index (χ0n) is 10.8. The number of rotatable bonds is 3. The Kier molecular flexibility index (Phi) is 3.12. The van der Waals surface area contributed by atoms with E-state index in [4.69, 9.17) is 0 Å². The molecule has 88 valence electrons. The highest BCUT2D eigenvalue weighted by Gasteiger charge is 2.58. The minimum atomic E-state index is 0.652. The van der Waals surface area contributed by atoms with Gasteiger partial charge in [0.1, 0.15) is 0 Å². The molecule has 0 radical (unpaired) electrons. The Morgan fingerprint density at radius 1 is 1.33 bits per heavy atom. The lowest BCUT2D eigenvalue weighted by Crippen LogP contribution is -2.31. The van der Waals surface area contributed by atoms with Crippen LogP contribution in [0.15, 0.2) is 0 Å². The first-order valence-electron chi connectivity index (χ1n) is 6.79. The minimum absolute atomic E-state index is 0.652. The van der Waals surface area contributed by atoms with Crippen LogP contribution in [0.25, 0.3) is 0 Å². The Balaban J connectivity index is 1.88. The number of nitrogens with one attached hydrogen (secondary N) is 1. The fraction of sp³-hybridized carbons (Fsp3) is 1.00. The van der Waals surface area contributed by atoms with Crippen LogP contribution in [0.4, 0.5) is 0 Å². The predicted molar refractivity (Wildman–Crippen MR) is 65.9 cm³/mol. The molecule has 2 aliphatic rings. The van der Waals surface area contributed by atoms with Gasteiger partial charge in [-0.15, -0.1) is 0 Å². The molecule has 0 saturated heterocycles. The summed E-state index contributed by atoms with van der Waals surface area (Å²) < 4.78 is 0. The third kappa shape index (κ3) is 2.08. The summed E-state index contributed by atoms with van der Waals surface area (Å²) >= 11 is 0. The first kappa shape index (κ1) is 11.4. The predicted octanol–water partition coefficient (Wildman–Crippen LogP) is 3.45. The van der Waals surface area contributed by atoms with Crippen molar-refractivity contribution in [2.24, 2.45) is 23.2 Å². The second-order valence-corrected chi connectivity index (χ2v) is 6.36. The van der Waals surface area contributed by atoms with Crippen LogP contribution in [-0.4, -0.2) is 12.6 Å². The van der Waals surface area contributed by atoms with Crippen molar-refractivity contribution in [3.63, 3.8) is 0 Å². The van der Waals surface area contributed by atoms with Crippen molar-refractivity contribution >= 4 is 0 Å². The smallest absolute Gasteiger partial charge is 0.00104 e. The summed E-state index contributed by atoms with van der Waals surface area (Å²) in [5.41, 5.74) is 0.750. The van der Waals surface area contributed by atoms with Crippen molar-refractivity contribution in [3.05, 3.63) is 0 Å². The second-order valence-electron chi connectivity index (χ2n) is 6.36. The fourth-order valence-electron chi connectivity index (χ4n) is 3.71. The largest absolute Gasteiger partial charge is 0.314 e. The van der Waals surface area contributed by atoms with E-state index in [-0.39, 0.29) is 0 Å². The van der Waals surface area contributed by atoms with Gasteiger partial charge in [0.2, 0.25) is 0 Å². The molecule has 0 heterocycles. The Bertz CT molecular complexity index is 221. The Morgan fingerprint density at radius 2 is 2.07 bits per heavy atom. The summed E-state index contributed by atoms with van der Waals surface area (Å²) in [5.74, 6) is 2.91. The second kappa shape index (κ2) is 4.08. The van der Waals surface area contributed by atoms with Gasteiger partial charge in [-0.25, -0.2) is 0 Å². The molecule has 1 heteroatoms. The topological polar surface area (TPSA) is 12.0 Å². The first-order valence-corrected chi connectivity index (χ1v) is 6.79. The third-order valence-electron chi connectivity index (χ3n) is 5.11. The Hall–Kier alpha value is -0.0400. The molecule has 2 rings (SSSR count). The van der Waals surface area contributed by atoms with Crippen LogP contribution in [-0.2, 0) is 0 Å². The van der Waals surface area contributed by atoms with E-state index >= 15 is 0 Å². The van der Waals surface area contributed by atoms with Crippen molar-refractivity contribution in [2.45, 2.75) is 59.4 Å². The van der Waals surface area contributed by atoms with Crippen LogP contribution in [0.3, 0.4) is 0 Å². The van der Waals surface area contributed by atoms with E-state index in [1.54, 1.807) is 0 Å².